The van der Waals surface area contributed by atoms with Crippen molar-refractivity contribution in [1.29, 1.82) is 0 Å². The smallest absolute Gasteiger partial charge is 0.120 e. The highest BCUT2D eigenvalue weighted by Crippen LogP contribution is 2.22. The van der Waals surface area contributed by atoms with Crippen molar-refractivity contribution in [2.75, 3.05) is 0 Å². The number of hydrogen-bond acceptors (Lipinski definition) is 2. The molecule has 0 unspecified atom stereocenters. The van der Waals surface area contributed by atoms with E-state index in [1.807, 2.05) is 54.9 Å². The van der Waals surface area contributed by atoms with Crippen LogP contribution in [0.4, 0.5) is 0 Å². The maximum atomic E-state index is 5.94. The molecule has 102 valence electrons. The van der Waals surface area contributed by atoms with Gasteiger partial charge in [0.05, 0.1) is 5.52 Å². The fourth-order valence-electron chi connectivity index (χ4n) is 2.56. The van der Waals surface area contributed by atoms with Crippen LogP contribution < -0.4 is 4.74 Å². The number of nitrogens with zero attached hydrogens (tertiary/aromatic N) is 1. The molecule has 0 aliphatic heterocycles. The third-order valence-corrected chi connectivity index (χ3v) is 3.66. The third-order valence-electron chi connectivity index (χ3n) is 3.66. The van der Waals surface area contributed by atoms with Gasteiger partial charge in [0, 0.05) is 34.2 Å². The van der Waals surface area contributed by atoms with Gasteiger partial charge in [0.25, 0.3) is 0 Å². The van der Waals surface area contributed by atoms with Gasteiger partial charge in [-0.2, -0.15) is 0 Å². The summed E-state index contributed by atoms with van der Waals surface area (Å²) in [6, 6.07) is 18.3. The summed E-state index contributed by atoms with van der Waals surface area (Å²) in [6.07, 6.45) is 3.77. The molecule has 0 bridgehead atoms. The second kappa shape index (κ2) is 4.94. The molecule has 0 saturated carbocycles. The van der Waals surface area contributed by atoms with Crippen molar-refractivity contribution < 1.29 is 4.74 Å². The van der Waals surface area contributed by atoms with E-state index in [1.54, 1.807) is 0 Å². The Balaban J connectivity index is 1.63. The molecule has 0 saturated heterocycles. The molecule has 4 rings (SSSR count). The lowest BCUT2D eigenvalue weighted by molar-refractivity contribution is 0.308. The van der Waals surface area contributed by atoms with Crippen LogP contribution >= 0.6 is 0 Å². The van der Waals surface area contributed by atoms with Gasteiger partial charge in [-0.15, -0.1) is 0 Å². The van der Waals surface area contributed by atoms with E-state index in [1.165, 1.54) is 0 Å². The molecule has 3 nitrogen and oxygen atoms in total. The lowest BCUT2D eigenvalue weighted by Gasteiger charge is -2.08. The topological polar surface area (TPSA) is 37.9 Å². The minimum atomic E-state index is 0.541. The van der Waals surface area contributed by atoms with E-state index in [4.69, 9.17) is 4.74 Å². The maximum absolute atomic E-state index is 5.94. The van der Waals surface area contributed by atoms with Crippen LogP contribution in [0.2, 0.25) is 0 Å². The number of aromatic amines is 1. The van der Waals surface area contributed by atoms with E-state index in [9.17, 15) is 0 Å². The van der Waals surface area contributed by atoms with Crippen LogP contribution in [0.1, 0.15) is 5.56 Å². The van der Waals surface area contributed by atoms with Crippen molar-refractivity contribution in [3.05, 3.63) is 72.6 Å². The Kier molecular flexibility index (Phi) is 2.82. The Morgan fingerprint density at radius 2 is 1.95 bits per heavy atom. The minimum Gasteiger partial charge on any atom is -0.489 e. The molecule has 0 fully saturated rings. The number of nitrogens with one attached hydrogen (secondary N) is 1. The van der Waals surface area contributed by atoms with Crippen LogP contribution in [0.15, 0.2) is 67.0 Å². The quantitative estimate of drug-likeness (QED) is 0.605. The first-order valence-corrected chi connectivity index (χ1v) is 6.93. The number of aromatic nitrogens is 2. The standard InChI is InChI=1S/C18H14N2O/c1-2-4-18-16(3-1)14(8-10-20-18)12-21-15-5-6-17-13(11-15)7-9-19-17/h1-11,19H,12H2. The van der Waals surface area contributed by atoms with Gasteiger partial charge in [-0.3, -0.25) is 4.98 Å². The molecule has 2 heterocycles. The number of para-hydroxylation sites is 1. The Bertz CT molecular complexity index is 906. The van der Waals surface area contributed by atoms with Gasteiger partial charge in [-0.1, -0.05) is 18.2 Å². The van der Waals surface area contributed by atoms with Crippen molar-refractivity contribution in [1.82, 2.24) is 9.97 Å². The first-order valence-electron chi connectivity index (χ1n) is 6.93. The third kappa shape index (κ3) is 2.23. The van der Waals surface area contributed by atoms with Gasteiger partial charge >= 0.3 is 0 Å². The summed E-state index contributed by atoms with van der Waals surface area (Å²) in [7, 11) is 0. The summed E-state index contributed by atoms with van der Waals surface area (Å²) >= 11 is 0. The van der Waals surface area contributed by atoms with Crippen molar-refractivity contribution in [2.45, 2.75) is 6.61 Å². The number of H-pyrrole nitrogens is 1. The molecule has 3 heteroatoms. The van der Waals surface area contributed by atoms with Gasteiger partial charge in [0.2, 0.25) is 0 Å². The number of fused-ring (bicyclic) bond motifs is 2. The highest BCUT2D eigenvalue weighted by Gasteiger charge is 2.03. The minimum absolute atomic E-state index is 0.541. The maximum Gasteiger partial charge on any atom is 0.120 e. The summed E-state index contributed by atoms with van der Waals surface area (Å²) in [4.78, 5) is 7.55. The molecule has 0 spiro atoms. The van der Waals surface area contributed by atoms with Gasteiger partial charge in [0.15, 0.2) is 0 Å². The van der Waals surface area contributed by atoms with Crippen molar-refractivity contribution >= 4 is 21.8 Å². The van der Waals surface area contributed by atoms with E-state index in [-0.39, 0.29) is 0 Å². The first kappa shape index (κ1) is 12.0. The van der Waals surface area contributed by atoms with E-state index >= 15 is 0 Å². The zero-order valence-corrected chi connectivity index (χ0v) is 11.4. The summed E-state index contributed by atoms with van der Waals surface area (Å²) in [5, 5.41) is 2.30. The fourth-order valence-corrected chi connectivity index (χ4v) is 2.56. The van der Waals surface area contributed by atoms with Crippen LogP contribution in [0.3, 0.4) is 0 Å². The van der Waals surface area contributed by atoms with E-state index in [2.05, 4.69) is 22.1 Å². The van der Waals surface area contributed by atoms with Crippen molar-refractivity contribution in [3.8, 4) is 5.75 Å². The second-order valence-corrected chi connectivity index (χ2v) is 5.00. The Hall–Kier alpha value is -2.81. The summed E-state index contributed by atoms with van der Waals surface area (Å²) in [5.74, 6) is 0.878. The predicted molar refractivity (Wildman–Crippen MR) is 84.4 cm³/mol. The number of benzene rings is 2. The molecule has 0 radical (unpaired) electrons. The zero-order valence-electron chi connectivity index (χ0n) is 11.4. The van der Waals surface area contributed by atoms with Gasteiger partial charge < -0.3 is 9.72 Å². The molecule has 0 amide bonds. The normalized spacial score (nSPS) is 11.0. The van der Waals surface area contributed by atoms with Crippen LogP contribution in [-0.4, -0.2) is 9.97 Å². The number of ether oxygens (including phenoxy) is 1. The molecule has 0 aliphatic carbocycles. The van der Waals surface area contributed by atoms with Crippen LogP contribution in [0.5, 0.6) is 5.75 Å². The summed E-state index contributed by atoms with van der Waals surface area (Å²) in [5.41, 5.74) is 3.27. The van der Waals surface area contributed by atoms with E-state index in [0.717, 1.165) is 33.1 Å². The van der Waals surface area contributed by atoms with Crippen LogP contribution in [0, 0.1) is 0 Å². The molecule has 4 aromatic rings. The Labute approximate surface area is 122 Å². The number of rotatable bonds is 3. The van der Waals surface area contributed by atoms with Gasteiger partial charge in [-0.25, -0.2) is 0 Å². The highest BCUT2D eigenvalue weighted by molar-refractivity contribution is 5.82. The Morgan fingerprint density at radius 1 is 1.00 bits per heavy atom. The molecule has 1 N–H and O–H groups in total. The number of pyridine rings is 1. The molecule has 0 aliphatic rings. The molecular weight excluding hydrogens is 260 g/mol. The monoisotopic (exact) mass is 274 g/mol. The summed E-state index contributed by atoms with van der Waals surface area (Å²) in [6.45, 7) is 0.541. The molecule has 2 aromatic heterocycles. The summed E-state index contributed by atoms with van der Waals surface area (Å²) < 4.78 is 5.94. The van der Waals surface area contributed by atoms with Gasteiger partial charge in [0.1, 0.15) is 12.4 Å². The predicted octanol–water partition coefficient (Wildman–Crippen LogP) is 4.30. The Morgan fingerprint density at radius 3 is 2.95 bits per heavy atom. The lowest BCUT2D eigenvalue weighted by atomic mass is 10.1. The molecule has 0 atom stereocenters. The van der Waals surface area contributed by atoms with Crippen LogP contribution in [0.25, 0.3) is 21.8 Å². The van der Waals surface area contributed by atoms with Crippen LogP contribution in [-0.2, 0) is 6.61 Å². The van der Waals surface area contributed by atoms with E-state index < -0.39 is 0 Å². The lowest BCUT2D eigenvalue weighted by Crippen LogP contribution is -1.97. The van der Waals surface area contributed by atoms with Crippen molar-refractivity contribution in [3.63, 3.8) is 0 Å². The fraction of sp³-hybridized carbons (Fsp3) is 0.0556. The van der Waals surface area contributed by atoms with Crippen molar-refractivity contribution in [2.24, 2.45) is 0 Å². The SMILES string of the molecule is c1ccc2c(COc3ccc4[nH]ccc4c3)ccnc2c1. The highest BCUT2D eigenvalue weighted by atomic mass is 16.5. The number of hydrogen-bond donors (Lipinski definition) is 1. The van der Waals surface area contributed by atoms with E-state index in [0.29, 0.717) is 6.61 Å². The van der Waals surface area contributed by atoms with Gasteiger partial charge in [-0.05, 0) is 36.4 Å². The molecule has 21 heavy (non-hydrogen) atoms. The molecule has 2 aromatic carbocycles. The molecular formula is C18H14N2O. The first-order chi connectivity index (χ1) is 10.4. The zero-order chi connectivity index (χ0) is 14.1. The average molecular weight is 274 g/mol. The average Bonchev–Trinajstić information content (AvgIpc) is 3.00. The largest absolute Gasteiger partial charge is 0.489 e. The second-order valence-electron chi connectivity index (χ2n) is 5.00.